The van der Waals surface area contributed by atoms with Crippen LogP contribution in [0, 0.1) is 6.92 Å². The Morgan fingerprint density at radius 3 is 2.65 bits per heavy atom. The van der Waals surface area contributed by atoms with Gasteiger partial charge in [0, 0.05) is 17.5 Å². The highest BCUT2D eigenvalue weighted by Gasteiger charge is 2.29. The second-order valence-electron chi connectivity index (χ2n) is 9.30. The van der Waals surface area contributed by atoms with Crippen molar-refractivity contribution in [1.29, 1.82) is 0 Å². The Morgan fingerprint density at radius 1 is 1.00 bits per heavy atom. The summed E-state index contributed by atoms with van der Waals surface area (Å²) in [7, 11) is 0. The predicted molar refractivity (Wildman–Crippen MR) is 133 cm³/mol. The summed E-state index contributed by atoms with van der Waals surface area (Å²) in [5, 5.41) is 11.7. The van der Waals surface area contributed by atoms with Gasteiger partial charge in [0.15, 0.2) is 0 Å². The Hall–Kier alpha value is -3.79. The summed E-state index contributed by atoms with van der Waals surface area (Å²) in [5.41, 5.74) is 7.42. The van der Waals surface area contributed by atoms with E-state index in [9.17, 15) is 4.79 Å². The molecule has 2 atom stereocenters. The summed E-state index contributed by atoms with van der Waals surface area (Å²) in [4.78, 5) is 11.1. The van der Waals surface area contributed by atoms with Gasteiger partial charge in [0.2, 0.25) is 0 Å². The summed E-state index contributed by atoms with van der Waals surface area (Å²) < 4.78 is 12.2. The molecule has 4 heteroatoms. The Bertz CT molecular complexity index is 1420. The van der Waals surface area contributed by atoms with Crippen LogP contribution in [-0.4, -0.2) is 17.7 Å². The lowest BCUT2D eigenvalue weighted by molar-refractivity contribution is -0.137. The van der Waals surface area contributed by atoms with Gasteiger partial charge in [0.25, 0.3) is 0 Å². The quantitative estimate of drug-likeness (QED) is 0.362. The standard InChI is InChI=1S/C30H26O4/c1-18-5-2-6-19-7-3-10-26(30(18)19)23-8-4-9-25-24(23)13-14-27(25)34-21-11-12-22-20(15-29(31)32)17-33-28(22)16-21/h2-12,16,20,27H,13-15,17H2,1H3,(H,31,32)/t20-,27-/m1/s1. The molecular weight excluding hydrogens is 424 g/mol. The van der Waals surface area contributed by atoms with Crippen LogP contribution in [0.2, 0.25) is 0 Å². The minimum atomic E-state index is -0.804. The average molecular weight is 451 g/mol. The predicted octanol–water partition coefficient (Wildman–Crippen LogP) is 6.83. The van der Waals surface area contributed by atoms with Gasteiger partial charge < -0.3 is 14.6 Å². The zero-order valence-electron chi connectivity index (χ0n) is 19.1. The highest BCUT2D eigenvalue weighted by molar-refractivity contribution is 5.99. The molecule has 0 fully saturated rings. The molecule has 4 aromatic rings. The van der Waals surface area contributed by atoms with Crippen LogP contribution >= 0.6 is 0 Å². The van der Waals surface area contributed by atoms with Gasteiger partial charge in [-0.2, -0.15) is 0 Å². The number of rotatable bonds is 5. The Balaban J connectivity index is 1.32. The van der Waals surface area contributed by atoms with Gasteiger partial charge in [-0.15, -0.1) is 0 Å². The highest BCUT2D eigenvalue weighted by Crippen LogP contribution is 2.44. The number of carbonyl (C=O) groups is 1. The van der Waals surface area contributed by atoms with Crippen molar-refractivity contribution in [3.8, 4) is 22.6 Å². The molecule has 4 nitrogen and oxygen atoms in total. The van der Waals surface area contributed by atoms with Crippen molar-refractivity contribution in [2.24, 2.45) is 0 Å². The fourth-order valence-electron chi connectivity index (χ4n) is 5.62. The second kappa shape index (κ2) is 8.21. The number of aliphatic carboxylic acids is 1. The van der Waals surface area contributed by atoms with Crippen LogP contribution in [0.3, 0.4) is 0 Å². The largest absolute Gasteiger partial charge is 0.492 e. The molecule has 34 heavy (non-hydrogen) atoms. The maximum Gasteiger partial charge on any atom is 0.304 e. The third kappa shape index (κ3) is 3.50. The number of hydrogen-bond acceptors (Lipinski definition) is 3. The lowest BCUT2D eigenvalue weighted by atomic mass is 9.91. The van der Waals surface area contributed by atoms with Gasteiger partial charge in [-0.1, -0.05) is 60.7 Å². The van der Waals surface area contributed by atoms with Gasteiger partial charge in [-0.25, -0.2) is 0 Å². The molecule has 0 saturated heterocycles. The molecule has 2 aliphatic rings. The maximum absolute atomic E-state index is 11.1. The van der Waals surface area contributed by atoms with Crippen LogP contribution in [0.4, 0.5) is 0 Å². The van der Waals surface area contributed by atoms with Crippen molar-refractivity contribution in [3.63, 3.8) is 0 Å². The summed E-state index contributed by atoms with van der Waals surface area (Å²) in [6.45, 7) is 2.59. The molecule has 0 unspecified atom stereocenters. The average Bonchev–Trinajstić information content (AvgIpc) is 3.42. The van der Waals surface area contributed by atoms with E-state index in [-0.39, 0.29) is 18.4 Å². The van der Waals surface area contributed by atoms with Gasteiger partial charge in [-0.05, 0) is 64.4 Å². The summed E-state index contributed by atoms with van der Waals surface area (Å²) in [5.74, 6) is 0.600. The van der Waals surface area contributed by atoms with Crippen molar-refractivity contribution < 1.29 is 19.4 Å². The highest BCUT2D eigenvalue weighted by atomic mass is 16.5. The molecule has 4 aromatic carbocycles. The van der Waals surface area contributed by atoms with Gasteiger partial charge in [0.05, 0.1) is 13.0 Å². The maximum atomic E-state index is 11.1. The number of carboxylic acids is 1. The molecular formula is C30H26O4. The first-order valence-electron chi connectivity index (χ1n) is 11.8. The van der Waals surface area contributed by atoms with E-state index in [1.165, 1.54) is 38.6 Å². The van der Waals surface area contributed by atoms with E-state index in [4.69, 9.17) is 14.6 Å². The van der Waals surface area contributed by atoms with Crippen molar-refractivity contribution >= 4 is 16.7 Å². The molecule has 0 amide bonds. The number of ether oxygens (including phenoxy) is 2. The van der Waals surface area contributed by atoms with E-state index < -0.39 is 5.97 Å². The summed E-state index contributed by atoms with van der Waals surface area (Å²) >= 11 is 0. The first kappa shape index (κ1) is 20.8. The Labute approximate surface area is 198 Å². The Kier molecular flexibility index (Phi) is 5.02. The second-order valence-corrected chi connectivity index (χ2v) is 9.30. The normalized spacial score (nSPS) is 18.4. The van der Waals surface area contributed by atoms with Crippen LogP contribution in [0.1, 0.15) is 47.1 Å². The SMILES string of the molecule is Cc1cccc2cccc(-c3cccc4c3CC[C@H]4Oc3ccc4c(c3)OC[C@H]4CC(=O)O)c12. The van der Waals surface area contributed by atoms with E-state index in [1.807, 2.05) is 18.2 Å². The van der Waals surface area contributed by atoms with E-state index in [0.717, 1.165) is 29.9 Å². The lowest BCUT2D eigenvalue weighted by Gasteiger charge is -2.17. The first-order chi connectivity index (χ1) is 16.6. The van der Waals surface area contributed by atoms with Gasteiger partial charge in [0.1, 0.15) is 17.6 Å². The van der Waals surface area contributed by atoms with Crippen molar-refractivity contribution in [3.05, 3.63) is 95.1 Å². The van der Waals surface area contributed by atoms with Crippen LogP contribution < -0.4 is 9.47 Å². The minimum Gasteiger partial charge on any atom is -0.492 e. The number of benzene rings is 4. The first-order valence-corrected chi connectivity index (χ1v) is 11.8. The van der Waals surface area contributed by atoms with E-state index in [2.05, 4.69) is 61.5 Å². The van der Waals surface area contributed by atoms with Crippen LogP contribution in [0.25, 0.3) is 21.9 Å². The zero-order valence-corrected chi connectivity index (χ0v) is 19.1. The van der Waals surface area contributed by atoms with Crippen LogP contribution in [-0.2, 0) is 11.2 Å². The number of hydrogen-bond donors (Lipinski definition) is 1. The molecule has 0 radical (unpaired) electrons. The lowest BCUT2D eigenvalue weighted by Crippen LogP contribution is -2.07. The summed E-state index contributed by atoms with van der Waals surface area (Å²) in [6, 6.07) is 25.4. The van der Waals surface area contributed by atoms with Crippen LogP contribution in [0.15, 0.2) is 72.8 Å². The van der Waals surface area contributed by atoms with Crippen LogP contribution in [0.5, 0.6) is 11.5 Å². The zero-order chi connectivity index (χ0) is 23.2. The van der Waals surface area contributed by atoms with E-state index in [0.29, 0.717) is 6.61 Å². The van der Waals surface area contributed by atoms with Crippen molar-refractivity contribution in [2.75, 3.05) is 6.61 Å². The third-order valence-electron chi connectivity index (χ3n) is 7.18. The van der Waals surface area contributed by atoms with Gasteiger partial charge >= 0.3 is 5.97 Å². The smallest absolute Gasteiger partial charge is 0.304 e. The molecule has 1 aliphatic heterocycles. The molecule has 1 aliphatic carbocycles. The molecule has 170 valence electrons. The van der Waals surface area contributed by atoms with Crippen molar-refractivity contribution in [2.45, 2.75) is 38.2 Å². The molecule has 0 saturated carbocycles. The fourth-order valence-corrected chi connectivity index (χ4v) is 5.62. The fraction of sp³-hybridized carbons (Fsp3) is 0.233. The summed E-state index contributed by atoms with van der Waals surface area (Å²) in [6.07, 6.45) is 1.97. The minimum absolute atomic E-state index is 0.0136. The number of carboxylic acid groups (broad SMARTS) is 1. The molecule has 1 heterocycles. The number of fused-ring (bicyclic) bond motifs is 3. The number of aryl methyl sites for hydroxylation is 1. The molecule has 0 bridgehead atoms. The van der Waals surface area contributed by atoms with Crippen molar-refractivity contribution in [1.82, 2.24) is 0 Å². The molecule has 1 N–H and O–H groups in total. The monoisotopic (exact) mass is 450 g/mol. The Morgan fingerprint density at radius 2 is 1.79 bits per heavy atom. The molecule has 0 spiro atoms. The molecule has 6 rings (SSSR count). The van der Waals surface area contributed by atoms with E-state index >= 15 is 0 Å². The topological polar surface area (TPSA) is 55.8 Å². The van der Waals surface area contributed by atoms with Gasteiger partial charge in [-0.3, -0.25) is 4.79 Å². The van der Waals surface area contributed by atoms with E-state index in [1.54, 1.807) is 0 Å². The molecule has 0 aromatic heterocycles. The third-order valence-corrected chi connectivity index (χ3v) is 7.18.